The fraction of sp³-hybridized carbons (Fsp3) is 0.286. The van der Waals surface area contributed by atoms with E-state index in [1.807, 2.05) is 0 Å². The zero-order chi connectivity index (χ0) is 15.4. The number of anilines is 1. The lowest BCUT2D eigenvalue weighted by molar-refractivity contribution is -0.172. The number of nitrogens with one attached hydrogen (secondary N) is 1. The summed E-state index contributed by atoms with van der Waals surface area (Å²) in [5.41, 5.74) is 0.726. The fourth-order valence-corrected chi connectivity index (χ4v) is 1.73. The van der Waals surface area contributed by atoms with Crippen molar-refractivity contribution in [3.05, 3.63) is 29.8 Å². The van der Waals surface area contributed by atoms with Gasteiger partial charge in [0.15, 0.2) is 0 Å². The van der Waals surface area contributed by atoms with E-state index in [4.69, 9.17) is 4.84 Å². The van der Waals surface area contributed by atoms with Crippen molar-refractivity contribution in [2.24, 2.45) is 0 Å². The molecule has 0 unspecified atom stereocenters. The molecule has 7 heteroatoms. The standard InChI is InChI=1S/C14H14N2O5/c1-2-11(17)15-10-5-3-9(4-6-10)14(20)21-16-12(18)7-8-13(16)19/h3-6H,2,7-8H2,1H3,(H,15,17). The van der Waals surface area contributed by atoms with Crippen molar-refractivity contribution in [1.82, 2.24) is 5.06 Å². The van der Waals surface area contributed by atoms with Gasteiger partial charge in [-0.25, -0.2) is 4.79 Å². The van der Waals surface area contributed by atoms with E-state index >= 15 is 0 Å². The molecule has 7 nitrogen and oxygen atoms in total. The molecule has 2 rings (SSSR count). The molecule has 1 aliphatic heterocycles. The van der Waals surface area contributed by atoms with E-state index in [1.165, 1.54) is 24.3 Å². The van der Waals surface area contributed by atoms with Crippen LogP contribution < -0.4 is 5.32 Å². The molecule has 21 heavy (non-hydrogen) atoms. The van der Waals surface area contributed by atoms with Crippen LogP contribution in [0.3, 0.4) is 0 Å². The summed E-state index contributed by atoms with van der Waals surface area (Å²) in [5, 5.41) is 3.13. The average molecular weight is 290 g/mol. The van der Waals surface area contributed by atoms with E-state index in [2.05, 4.69) is 5.32 Å². The minimum atomic E-state index is -0.799. The van der Waals surface area contributed by atoms with Gasteiger partial charge in [0.25, 0.3) is 11.8 Å². The van der Waals surface area contributed by atoms with Gasteiger partial charge in [-0.15, -0.1) is 5.06 Å². The first kappa shape index (κ1) is 14.7. The number of imide groups is 1. The van der Waals surface area contributed by atoms with Gasteiger partial charge in [0.2, 0.25) is 5.91 Å². The summed E-state index contributed by atoms with van der Waals surface area (Å²) in [6.45, 7) is 1.73. The van der Waals surface area contributed by atoms with Gasteiger partial charge >= 0.3 is 5.97 Å². The Morgan fingerprint density at radius 3 is 2.24 bits per heavy atom. The summed E-state index contributed by atoms with van der Waals surface area (Å²) in [6.07, 6.45) is 0.450. The second-order valence-corrected chi connectivity index (χ2v) is 4.44. The molecule has 1 aromatic rings. The minimum absolute atomic E-state index is 0.0497. The van der Waals surface area contributed by atoms with Crippen molar-refractivity contribution in [3.8, 4) is 0 Å². The Hall–Kier alpha value is -2.70. The number of benzene rings is 1. The second-order valence-electron chi connectivity index (χ2n) is 4.44. The van der Waals surface area contributed by atoms with E-state index in [0.29, 0.717) is 17.2 Å². The number of carbonyl (C=O) groups excluding carboxylic acids is 4. The highest BCUT2D eigenvalue weighted by Gasteiger charge is 2.33. The monoisotopic (exact) mass is 290 g/mol. The van der Waals surface area contributed by atoms with E-state index in [0.717, 1.165) is 0 Å². The van der Waals surface area contributed by atoms with E-state index in [-0.39, 0.29) is 24.3 Å². The van der Waals surface area contributed by atoms with Gasteiger partial charge < -0.3 is 10.2 Å². The van der Waals surface area contributed by atoms with Crippen LogP contribution in [0.15, 0.2) is 24.3 Å². The first-order chi connectivity index (χ1) is 10.0. The zero-order valence-electron chi connectivity index (χ0n) is 11.4. The maximum Gasteiger partial charge on any atom is 0.363 e. The SMILES string of the molecule is CCC(=O)Nc1ccc(C(=O)ON2C(=O)CCC2=O)cc1. The number of hydroxylamine groups is 2. The summed E-state index contributed by atoms with van der Waals surface area (Å²) in [7, 11) is 0. The summed E-state index contributed by atoms with van der Waals surface area (Å²) in [4.78, 5) is 50.5. The van der Waals surface area contributed by atoms with Gasteiger partial charge in [-0.05, 0) is 24.3 Å². The number of amides is 3. The quantitative estimate of drug-likeness (QED) is 0.842. The van der Waals surface area contributed by atoms with Crippen LogP contribution in [0.2, 0.25) is 0 Å². The lowest BCUT2D eigenvalue weighted by Crippen LogP contribution is -2.32. The molecule has 1 heterocycles. The normalized spacial score (nSPS) is 14.2. The van der Waals surface area contributed by atoms with Crippen molar-refractivity contribution in [2.75, 3.05) is 5.32 Å². The van der Waals surface area contributed by atoms with Gasteiger partial charge in [0.05, 0.1) is 5.56 Å². The van der Waals surface area contributed by atoms with Crippen LogP contribution in [-0.2, 0) is 19.2 Å². The molecule has 0 aromatic heterocycles. The third kappa shape index (κ3) is 3.44. The highest BCUT2D eigenvalue weighted by molar-refractivity contribution is 6.02. The number of nitrogens with zero attached hydrogens (tertiary/aromatic N) is 1. The largest absolute Gasteiger partial charge is 0.363 e. The molecule has 1 fully saturated rings. The molecule has 0 atom stereocenters. The van der Waals surface area contributed by atoms with Gasteiger partial charge in [-0.3, -0.25) is 14.4 Å². The molecule has 1 aromatic carbocycles. The Labute approximate surface area is 120 Å². The topological polar surface area (TPSA) is 92.8 Å². The fourth-order valence-electron chi connectivity index (χ4n) is 1.73. The molecule has 3 amide bonds. The first-order valence-corrected chi connectivity index (χ1v) is 6.49. The Balaban J connectivity index is 2.01. The molecule has 0 saturated carbocycles. The molecular weight excluding hydrogens is 276 g/mol. The maximum atomic E-state index is 11.8. The van der Waals surface area contributed by atoms with Crippen LogP contribution in [0.25, 0.3) is 0 Å². The Morgan fingerprint density at radius 2 is 1.71 bits per heavy atom. The van der Waals surface area contributed by atoms with Crippen molar-refractivity contribution < 1.29 is 24.0 Å². The number of hydrogen-bond donors (Lipinski definition) is 1. The van der Waals surface area contributed by atoms with Crippen LogP contribution in [0.4, 0.5) is 5.69 Å². The van der Waals surface area contributed by atoms with E-state index in [9.17, 15) is 19.2 Å². The van der Waals surface area contributed by atoms with E-state index in [1.54, 1.807) is 6.92 Å². The van der Waals surface area contributed by atoms with Gasteiger partial charge in [-0.2, -0.15) is 0 Å². The second kappa shape index (κ2) is 6.17. The zero-order valence-corrected chi connectivity index (χ0v) is 11.4. The molecule has 0 radical (unpaired) electrons. The summed E-state index contributed by atoms with van der Waals surface area (Å²) in [5.74, 6) is -1.99. The Morgan fingerprint density at radius 1 is 1.14 bits per heavy atom. The third-order valence-electron chi connectivity index (χ3n) is 2.91. The molecular formula is C14H14N2O5. The number of hydrogen-bond acceptors (Lipinski definition) is 5. The molecule has 1 saturated heterocycles. The van der Waals surface area contributed by atoms with Crippen LogP contribution in [0.5, 0.6) is 0 Å². The molecule has 0 aliphatic carbocycles. The smallest absolute Gasteiger partial charge is 0.326 e. The molecule has 1 aliphatic rings. The number of rotatable bonds is 4. The Bertz CT molecular complexity index is 578. The van der Waals surface area contributed by atoms with Crippen LogP contribution in [0.1, 0.15) is 36.5 Å². The van der Waals surface area contributed by atoms with Crippen molar-refractivity contribution in [2.45, 2.75) is 26.2 Å². The van der Waals surface area contributed by atoms with Crippen LogP contribution in [-0.4, -0.2) is 28.8 Å². The summed E-state index contributed by atoms with van der Waals surface area (Å²) in [6, 6.07) is 5.97. The maximum absolute atomic E-state index is 11.8. The van der Waals surface area contributed by atoms with E-state index < -0.39 is 17.8 Å². The lowest BCUT2D eigenvalue weighted by atomic mass is 10.2. The first-order valence-electron chi connectivity index (χ1n) is 6.49. The number of carbonyl (C=O) groups is 4. The Kier molecular flexibility index (Phi) is 4.32. The predicted molar refractivity (Wildman–Crippen MR) is 71.9 cm³/mol. The molecule has 1 N–H and O–H groups in total. The van der Waals surface area contributed by atoms with Crippen LogP contribution in [0, 0.1) is 0 Å². The summed E-state index contributed by atoms with van der Waals surface area (Å²) < 4.78 is 0. The van der Waals surface area contributed by atoms with Crippen molar-refractivity contribution in [1.29, 1.82) is 0 Å². The highest BCUT2D eigenvalue weighted by Crippen LogP contribution is 2.15. The summed E-state index contributed by atoms with van der Waals surface area (Å²) >= 11 is 0. The lowest BCUT2D eigenvalue weighted by Gasteiger charge is -2.12. The average Bonchev–Trinajstić information content (AvgIpc) is 2.79. The molecule has 110 valence electrons. The van der Waals surface area contributed by atoms with Gasteiger partial charge in [-0.1, -0.05) is 6.92 Å². The predicted octanol–water partition coefficient (Wildman–Crippen LogP) is 1.26. The van der Waals surface area contributed by atoms with Gasteiger partial charge in [0.1, 0.15) is 0 Å². The highest BCUT2D eigenvalue weighted by atomic mass is 16.7. The third-order valence-corrected chi connectivity index (χ3v) is 2.91. The van der Waals surface area contributed by atoms with Crippen LogP contribution >= 0.6 is 0 Å². The van der Waals surface area contributed by atoms with Crippen molar-refractivity contribution in [3.63, 3.8) is 0 Å². The minimum Gasteiger partial charge on any atom is -0.326 e. The van der Waals surface area contributed by atoms with Gasteiger partial charge in [0, 0.05) is 24.9 Å². The van der Waals surface area contributed by atoms with Crippen molar-refractivity contribution >= 4 is 29.4 Å². The molecule has 0 spiro atoms. The molecule has 0 bridgehead atoms.